The number of fused-ring (bicyclic) bond motifs is 3. The van der Waals surface area contributed by atoms with E-state index in [1.807, 2.05) is 43.3 Å². The maximum absolute atomic E-state index is 5.25. The third kappa shape index (κ3) is 2.85. The van der Waals surface area contributed by atoms with Gasteiger partial charge in [-0.1, -0.05) is 6.07 Å². The summed E-state index contributed by atoms with van der Waals surface area (Å²) in [4.78, 5) is 11.9. The van der Waals surface area contributed by atoms with Gasteiger partial charge in [-0.3, -0.25) is 4.98 Å². The lowest BCUT2D eigenvalue weighted by Crippen LogP contribution is -2.04. The zero-order valence-electron chi connectivity index (χ0n) is 13.7. The first-order chi connectivity index (χ1) is 12.2. The minimum atomic E-state index is 0.307. The predicted molar refractivity (Wildman–Crippen MR) is 95.8 cm³/mol. The van der Waals surface area contributed by atoms with Gasteiger partial charge in [0, 0.05) is 17.1 Å². The van der Waals surface area contributed by atoms with E-state index in [-0.39, 0.29) is 0 Å². The van der Waals surface area contributed by atoms with Crippen LogP contribution in [0.15, 0.2) is 47.7 Å². The molecule has 1 aromatic carbocycles. The van der Waals surface area contributed by atoms with Crippen molar-refractivity contribution in [2.75, 3.05) is 12.5 Å². The van der Waals surface area contributed by atoms with Gasteiger partial charge in [0.1, 0.15) is 11.3 Å². The molecule has 0 aliphatic rings. The van der Waals surface area contributed by atoms with Crippen LogP contribution in [0.3, 0.4) is 0 Å². The molecular weight excluding hydrogens is 318 g/mol. The van der Waals surface area contributed by atoms with E-state index in [9.17, 15) is 0 Å². The number of H-pyrrole nitrogens is 1. The first-order valence-corrected chi connectivity index (χ1v) is 7.66. The molecule has 4 aromatic rings. The van der Waals surface area contributed by atoms with E-state index < -0.39 is 0 Å². The van der Waals surface area contributed by atoms with Crippen molar-refractivity contribution in [3.63, 3.8) is 0 Å². The number of methoxy groups -OCH3 is 1. The van der Waals surface area contributed by atoms with Crippen LogP contribution in [0.25, 0.3) is 22.1 Å². The Bertz CT molecular complexity index is 1070. The second-order valence-electron chi connectivity index (χ2n) is 5.39. The van der Waals surface area contributed by atoms with E-state index in [2.05, 4.69) is 35.7 Å². The maximum Gasteiger partial charge on any atom is 0.265 e. The minimum absolute atomic E-state index is 0.307. The van der Waals surface area contributed by atoms with E-state index in [1.165, 1.54) is 0 Å². The number of ether oxygens (including phenoxy) is 1. The van der Waals surface area contributed by atoms with Gasteiger partial charge in [0.25, 0.3) is 5.95 Å². The fourth-order valence-electron chi connectivity index (χ4n) is 2.49. The number of aromatic amines is 1. The van der Waals surface area contributed by atoms with Gasteiger partial charge in [-0.05, 0) is 37.3 Å². The fourth-order valence-corrected chi connectivity index (χ4v) is 2.49. The number of anilines is 1. The molecule has 2 N–H and O–H groups in total. The maximum atomic E-state index is 5.25. The standard InChI is InChI=1S/C17H15N7O/c1-10(13-5-3-4-8-18-13)21-23-17-20-16-15(22-24-17)12-9-11(25-2)6-7-14(12)19-16/h3-9H,1-2H3,(H2,19,20,23,24). The monoisotopic (exact) mass is 333 g/mol. The summed E-state index contributed by atoms with van der Waals surface area (Å²) in [6.07, 6.45) is 1.72. The number of hydrazone groups is 1. The van der Waals surface area contributed by atoms with E-state index in [0.29, 0.717) is 17.1 Å². The van der Waals surface area contributed by atoms with Crippen molar-refractivity contribution >= 4 is 33.7 Å². The SMILES string of the molecule is COc1ccc2[nH]c3nc(NN=C(C)c4ccccn4)nnc3c2c1. The van der Waals surface area contributed by atoms with Crippen LogP contribution < -0.4 is 10.2 Å². The topological polar surface area (TPSA) is 101 Å². The number of pyridine rings is 1. The molecule has 8 heteroatoms. The van der Waals surface area contributed by atoms with Gasteiger partial charge in [0.05, 0.1) is 18.5 Å². The molecule has 0 spiro atoms. The number of aromatic nitrogens is 5. The molecule has 3 heterocycles. The van der Waals surface area contributed by atoms with Crippen molar-refractivity contribution in [2.45, 2.75) is 6.92 Å². The van der Waals surface area contributed by atoms with Gasteiger partial charge in [-0.25, -0.2) is 5.43 Å². The highest BCUT2D eigenvalue weighted by atomic mass is 16.5. The first-order valence-electron chi connectivity index (χ1n) is 7.66. The molecule has 124 valence electrons. The molecule has 0 fully saturated rings. The van der Waals surface area contributed by atoms with Crippen molar-refractivity contribution in [1.82, 2.24) is 25.1 Å². The second kappa shape index (κ2) is 6.16. The van der Waals surface area contributed by atoms with Crippen LogP contribution in [0, 0.1) is 0 Å². The molecule has 0 aliphatic heterocycles. The fraction of sp³-hybridized carbons (Fsp3) is 0.118. The van der Waals surface area contributed by atoms with Crippen molar-refractivity contribution in [3.05, 3.63) is 48.3 Å². The van der Waals surface area contributed by atoms with Gasteiger partial charge in [-0.15, -0.1) is 10.2 Å². The third-order valence-corrected chi connectivity index (χ3v) is 3.78. The van der Waals surface area contributed by atoms with E-state index in [4.69, 9.17) is 4.74 Å². The lowest BCUT2D eigenvalue weighted by atomic mass is 10.2. The van der Waals surface area contributed by atoms with Crippen LogP contribution in [0.2, 0.25) is 0 Å². The summed E-state index contributed by atoms with van der Waals surface area (Å²) in [7, 11) is 1.63. The number of nitrogens with one attached hydrogen (secondary N) is 2. The number of nitrogens with zero attached hydrogens (tertiary/aromatic N) is 5. The van der Waals surface area contributed by atoms with Crippen LogP contribution in [0.1, 0.15) is 12.6 Å². The molecule has 0 amide bonds. The van der Waals surface area contributed by atoms with E-state index in [0.717, 1.165) is 28.1 Å². The zero-order chi connectivity index (χ0) is 17.2. The Morgan fingerprint density at radius 3 is 2.92 bits per heavy atom. The average molecular weight is 333 g/mol. The molecule has 3 aromatic heterocycles. The van der Waals surface area contributed by atoms with E-state index >= 15 is 0 Å². The van der Waals surface area contributed by atoms with Gasteiger partial charge >= 0.3 is 0 Å². The zero-order valence-corrected chi connectivity index (χ0v) is 13.7. The third-order valence-electron chi connectivity index (χ3n) is 3.78. The summed E-state index contributed by atoms with van der Waals surface area (Å²) in [6.45, 7) is 1.86. The molecule has 0 radical (unpaired) electrons. The first kappa shape index (κ1) is 15.0. The highest BCUT2D eigenvalue weighted by Gasteiger charge is 2.10. The molecule has 0 aliphatic carbocycles. The van der Waals surface area contributed by atoms with Crippen molar-refractivity contribution in [1.29, 1.82) is 0 Å². The summed E-state index contributed by atoms with van der Waals surface area (Å²) in [5.41, 5.74) is 6.56. The van der Waals surface area contributed by atoms with Crippen LogP contribution in [0.5, 0.6) is 5.75 Å². The summed E-state index contributed by atoms with van der Waals surface area (Å²) in [5, 5.41) is 13.5. The highest BCUT2D eigenvalue weighted by Crippen LogP contribution is 2.26. The molecule has 0 unspecified atom stereocenters. The Morgan fingerprint density at radius 2 is 2.12 bits per heavy atom. The Labute approximate surface area is 143 Å². The number of hydrogen-bond donors (Lipinski definition) is 2. The average Bonchev–Trinajstić information content (AvgIpc) is 3.03. The lowest BCUT2D eigenvalue weighted by Gasteiger charge is -2.01. The lowest BCUT2D eigenvalue weighted by molar-refractivity contribution is 0.415. The number of hydrogen-bond acceptors (Lipinski definition) is 7. The highest BCUT2D eigenvalue weighted by molar-refractivity contribution is 6.04. The number of rotatable bonds is 4. The van der Waals surface area contributed by atoms with Crippen molar-refractivity contribution in [2.24, 2.45) is 5.10 Å². The summed E-state index contributed by atoms with van der Waals surface area (Å²) < 4.78 is 5.25. The Morgan fingerprint density at radius 1 is 1.20 bits per heavy atom. The summed E-state index contributed by atoms with van der Waals surface area (Å²) in [6, 6.07) is 11.4. The molecule has 0 bridgehead atoms. The van der Waals surface area contributed by atoms with Crippen LogP contribution in [0.4, 0.5) is 5.95 Å². The molecule has 8 nitrogen and oxygen atoms in total. The molecule has 4 rings (SSSR count). The molecule has 0 saturated carbocycles. The predicted octanol–water partition coefficient (Wildman–Crippen LogP) is 2.75. The minimum Gasteiger partial charge on any atom is -0.497 e. The van der Waals surface area contributed by atoms with Gasteiger partial charge in [0.15, 0.2) is 5.65 Å². The van der Waals surface area contributed by atoms with Crippen LogP contribution in [-0.4, -0.2) is 38.0 Å². The van der Waals surface area contributed by atoms with Gasteiger partial charge < -0.3 is 9.72 Å². The van der Waals surface area contributed by atoms with Crippen LogP contribution >= 0.6 is 0 Å². The Kier molecular flexibility index (Phi) is 3.70. The summed E-state index contributed by atoms with van der Waals surface area (Å²) in [5.74, 6) is 1.06. The Balaban J connectivity index is 1.66. The van der Waals surface area contributed by atoms with Crippen molar-refractivity contribution < 1.29 is 4.74 Å². The van der Waals surface area contributed by atoms with Crippen LogP contribution in [-0.2, 0) is 0 Å². The smallest absolute Gasteiger partial charge is 0.265 e. The van der Waals surface area contributed by atoms with Gasteiger partial charge in [-0.2, -0.15) is 10.1 Å². The quantitative estimate of drug-likeness (QED) is 0.440. The molecule has 0 atom stereocenters. The molecule has 25 heavy (non-hydrogen) atoms. The van der Waals surface area contributed by atoms with Gasteiger partial charge in [0.2, 0.25) is 0 Å². The largest absolute Gasteiger partial charge is 0.497 e. The Hall–Kier alpha value is -3.55. The normalized spacial score (nSPS) is 11.8. The molecular formula is C17H15N7O. The van der Waals surface area contributed by atoms with E-state index in [1.54, 1.807) is 13.3 Å². The second-order valence-corrected chi connectivity index (χ2v) is 5.39. The molecule has 0 saturated heterocycles. The van der Waals surface area contributed by atoms with Crippen molar-refractivity contribution in [3.8, 4) is 5.75 Å². The summed E-state index contributed by atoms with van der Waals surface area (Å²) >= 11 is 0. The number of benzene rings is 1.